The molecular weight excluding hydrogens is 354 g/mol. The van der Waals surface area contributed by atoms with E-state index in [4.69, 9.17) is 5.73 Å². The lowest BCUT2D eigenvalue weighted by Crippen LogP contribution is -2.13. The molecule has 0 atom stereocenters. The van der Waals surface area contributed by atoms with Crippen LogP contribution in [0.4, 0.5) is 22.7 Å². The molecule has 25 heavy (non-hydrogen) atoms. The highest BCUT2D eigenvalue weighted by Crippen LogP contribution is 2.44. The van der Waals surface area contributed by atoms with Crippen LogP contribution in [-0.4, -0.2) is 8.42 Å². The Balaban J connectivity index is 1.62. The van der Waals surface area contributed by atoms with Gasteiger partial charge in [0, 0.05) is 15.5 Å². The number of rotatable bonds is 3. The van der Waals surface area contributed by atoms with Crippen LogP contribution in [-0.2, 0) is 10.0 Å². The number of benzene rings is 3. The zero-order valence-electron chi connectivity index (χ0n) is 13.1. The third-order valence-corrected chi connectivity index (χ3v) is 6.33. The largest absolute Gasteiger partial charge is 0.399 e. The third kappa shape index (κ3) is 3.16. The Bertz CT molecular complexity index is 1050. The lowest BCUT2D eigenvalue weighted by Gasteiger charge is -2.21. The van der Waals surface area contributed by atoms with Gasteiger partial charge in [-0.3, -0.25) is 4.72 Å². The summed E-state index contributed by atoms with van der Waals surface area (Å²) in [5.74, 6) is 0. The number of nitrogens with two attached hydrogens (primary N) is 1. The van der Waals surface area contributed by atoms with E-state index >= 15 is 0 Å². The molecule has 5 nitrogen and oxygen atoms in total. The Hall–Kier alpha value is -2.64. The summed E-state index contributed by atoms with van der Waals surface area (Å²) >= 11 is 1.61. The standard InChI is InChI=1S/C18H15N3O2S2/c19-12-5-8-14(9-6-12)25(22,23)21-13-7-10-16-18(11-13)24-17-4-2-1-3-15(17)20-16/h1-11,20-21H,19H2. The zero-order valence-corrected chi connectivity index (χ0v) is 14.7. The smallest absolute Gasteiger partial charge is 0.261 e. The molecule has 126 valence electrons. The van der Waals surface area contributed by atoms with E-state index < -0.39 is 10.0 Å². The van der Waals surface area contributed by atoms with Gasteiger partial charge in [0.1, 0.15) is 0 Å². The highest BCUT2D eigenvalue weighted by Gasteiger charge is 2.18. The van der Waals surface area contributed by atoms with Crippen LogP contribution in [0, 0.1) is 0 Å². The molecule has 0 radical (unpaired) electrons. The highest BCUT2D eigenvalue weighted by atomic mass is 32.2. The number of sulfonamides is 1. The second-order valence-electron chi connectivity index (χ2n) is 5.61. The van der Waals surface area contributed by atoms with Gasteiger partial charge >= 0.3 is 0 Å². The second kappa shape index (κ2) is 6.02. The van der Waals surface area contributed by atoms with Crippen molar-refractivity contribution in [1.82, 2.24) is 0 Å². The molecule has 1 aliphatic rings. The minimum Gasteiger partial charge on any atom is -0.399 e. The van der Waals surface area contributed by atoms with E-state index in [1.54, 1.807) is 30.0 Å². The molecule has 4 N–H and O–H groups in total. The average molecular weight is 369 g/mol. The molecule has 0 bridgehead atoms. The molecule has 0 saturated carbocycles. The van der Waals surface area contributed by atoms with Gasteiger partial charge in [0.15, 0.2) is 0 Å². The SMILES string of the molecule is Nc1ccc(S(=O)(=O)Nc2ccc3c(c2)Sc2ccccc2N3)cc1. The van der Waals surface area contributed by atoms with Crippen LogP contribution in [0.2, 0.25) is 0 Å². The average Bonchev–Trinajstić information content (AvgIpc) is 2.60. The number of nitrogen functional groups attached to an aromatic ring is 1. The predicted octanol–water partition coefficient (Wildman–Crippen LogP) is 4.28. The summed E-state index contributed by atoms with van der Waals surface area (Å²) in [4.78, 5) is 2.25. The zero-order chi connectivity index (χ0) is 17.4. The van der Waals surface area contributed by atoms with Crippen molar-refractivity contribution in [3.8, 4) is 0 Å². The molecule has 3 aromatic rings. The van der Waals surface area contributed by atoms with Crippen LogP contribution in [0.15, 0.2) is 81.4 Å². The normalized spacial score (nSPS) is 12.6. The van der Waals surface area contributed by atoms with E-state index in [1.807, 2.05) is 36.4 Å². The molecule has 0 saturated heterocycles. The Morgan fingerprint density at radius 2 is 1.60 bits per heavy atom. The molecule has 0 fully saturated rings. The summed E-state index contributed by atoms with van der Waals surface area (Å²) in [6, 6.07) is 19.6. The molecule has 3 aromatic carbocycles. The summed E-state index contributed by atoms with van der Waals surface area (Å²) in [6.07, 6.45) is 0. The minimum atomic E-state index is -3.65. The van der Waals surface area contributed by atoms with E-state index in [2.05, 4.69) is 10.0 Å². The molecule has 0 aliphatic carbocycles. The van der Waals surface area contributed by atoms with Crippen molar-refractivity contribution in [2.24, 2.45) is 0 Å². The Kier molecular flexibility index (Phi) is 3.82. The van der Waals surface area contributed by atoms with Crippen molar-refractivity contribution in [2.45, 2.75) is 14.7 Å². The fraction of sp³-hybridized carbons (Fsp3) is 0. The van der Waals surface area contributed by atoms with Gasteiger partial charge in [0.25, 0.3) is 10.0 Å². The first kappa shape index (κ1) is 15.9. The van der Waals surface area contributed by atoms with Gasteiger partial charge in [-0.15, -0.1) is 0 Å². The van der Waals surface area contributed by atoms with E-state index in [0.29, 0.717) is 11.4 Å². The number of nitrogens with one attached hydrogen (secondary N) is 2. The van der Waals surface area contributed by atoms with Crippen molar-refractivity contribution in [2.75, 3.05) is 15.8 Å². The number of fused-ring (bicyclic) bond motifs is 2. The van der Waals surface area contributed by atoms with Gasteiger partial charge in [0.2, 0.25) is 0 Å². The lowest BCUT2D eigenvalue weighted by molar-refractivity contribution is 0.601. The minimum absolute atomic E-state index is 0.176. The second-order valence-corrected chi connectivity index (χ2v) is 8.37. The molecule has 1 heterocycles. The monoisotopic (exact) mass is 369 g/mol. The van der Waals surface area contributed by atoms with Gasteiger partial charge in [-0.2, -0.15) is 0 Å². The van der Waals surface area contributed by atoms with E-state index in [0.717, 1.165) is 21.2 Å². The van der Waals surface area contributed by atoms with Gasteiger partial charge in [-0.05, 0) is 54.6 Å². The van der Waals surface area contributed by atoms with Gasteiger partial charge < -0.3 is 11.1 Å². The van der Waals surface area contributed by atoms with Crippen molar-refractivity contribution >= 4 is 44.5 Å². The Labute approximate surface area is 150 Å². The molecule has 0 spiro atoms. The summed E-state index contributed by atoms with van der Waals surface area (Å²) in [6.45, 7) is 0. The summed E-state index contributed by atoms with van der Waals surface area (Å²) < 4.78 is 27.6. The van der Waals surface area contributed by atoms with Crippen LogP contribution in [0.25, 0.3) is 0 Å². The van der Waals surface area contributed by atoms with E-state index in [-0.39, 0.29) is 4.90 Å². The Morgan fingerprint density at radius 3 is 2.40 bits per heavy atom. The van der Waals surface area contributed by atoms with Crippen LogP contribution < -0.4 is 15.8 Å². The Morgan fingerprint density at radius 1 is 0.880 bits per heavy atom. The summed E-state index contributed by atoms with van der Waals surface area (Å²) in [5, 5.41) is 3.36. The molecular formula is C18H15N3O2S2. The van der Waals surface area contributed by atoms with Crippen molar-refractivity contribution < 1.29 is 8.42 Å². The molecule has 1 aliphatic heterocycles. The van der Waals surface area contributed by atoms with Gasteiger partial charge in [0.05, 0.1) is 22.0 Å². The fourth-order valence-corrected chi connectivity index (χ4v) is 4.63. The fourth-order valence-electron chi connectivity index (χ4n) is 2.56. The molecule has 0 aromatic heterocycles. The number of hydrogen-bond donors (Lipinski definition) is 3. The van der Waals surface area contributed by atoms with Crippen LogP contribution in [0.3, 0.4) is 0 Å². The summed E-state index contributed by atoms with van der Waals surface area (Å²) in [5.41, 5.74) is 8.66. The number of para-hydroxylation sites is 1. The quantitative estimate of drug-likeness (QED) is 0.470. The molecule has 7 heteroatoms. The van der Waals surface area contributed by atoms with E-state index in [1.165, 1.54) is 12.1 Å². The van der Waals surface area contributed by atoms with Crippen molar-refractivity contribution in [3.05, 3.63) is 66.7 Å². The summed E-state index contributed by atoms with van der Waals surface area (Å²) in [7, 11) is -3.65. The maximum Gasteiger partial charge on any atom is 0.261 e. The predicted molar refractivity (Wildman–Crippen MR) is 102 cm³/mol. The first-order valence-electron chi connectivity index (χ1n) is 7.58. The van der Waals surface area contributed by atoms with Gasteiger partial charge in [-0.1, -0.05) is 23.9 Å². The van der Waals surface area contributed by atoms with Crippen LogP contribution >= 0.6 is 11.8 Å². The maximum absolute atomic E-state index is 12.5. The van der Waals surface area contributed by atoms with E-state index in [9.17, 15) is 8.42 Å². The van der Waals surface area contributed by atoms with Crippen LogP contribution in [0.1, 0.15) is 0 Å². The molecule has 0 unspecified atom stereocenters. The van der Waals surface area contributed by atoms with Crippen LogP contribution in [0.5, 0.6) is 0 Å². The first-order valence-corrected chi connectivity index (χ1v) is 9.87. The maximum atomic E-state index is 12.5. The number of anilines is 4. The number of hydrogen-bond acceptors (Lipinski definition) is 5. The van der Waals surface area contributed by atoms with Gasteiger partial charge in [-0.25, -0.2) is 8.42 Å². The van der Waals surface area contributed by atoms with Crippen molar-refractivity contribution in [1.29, 1.82) is 0 Å². The molecule has 4 rings (SSSR count). The third-order valence-electron chi connectivity index (χ3n) is 3.80. The highest BCUT2D eigenvalue weighted by molar-refractivity contribution is 7.99. The lowest BCUT2D eigenvalue weighted by atomic mass is 10.2. The van der Waals surface area contributed by atoms with Crippen molar-refractivity contribution in [3.63, 3.8) is 0 Å². The molecule has 0 amide bonds. The topological polar surface area (TPSA) is 84.2 Å². The first-order chi connectivity index (χ1) is 12.0.